The summed E-state index contributed by atoms with van der Waals surface area (Å²) in [5.74, 6) is 0.435. The molecular weight excluding hydrogens is 190 g/mol. The van der Waals surface area contributed by atoms with Gasteiger partial charge in [-0.3, -0.25) is 4.79 Å². The highest BCUT2D eigenvalue weighted by Crippen LogP contribution is 2.25. The SMILES string of the molecule is COC(=O)C(Cl)CNCC1CCC1. The van der Waals surface area contributed by atoms with Crippen LogP contribution in [0.15, 0.2) is 0 Å². The molecule has 1 saturated carbocycles. The van der Waals surface area contributed by atoms with Crippen LogP contribution in [0.5, 0.6) is 0 Å². The quantitative estimate of drug-likeness (QED) is 0.541. The second-order valence-corrected chi connectivity index (χ2v) is 3.97. The van der Waals surface area contributed by atoms with Crippen molar-refractivity contribution < 1.29 is 9.53 Å². The minimum atomic E-state index is -0.551. The van der Waals surface area contributed by atoms with Crippen molar-refractivity contribution >= 4 is 17.6 Å². The molecule has 0 aliphatic heterocycles. The molecule has 13 heavy (non-hydrogen) atoms. The van der Waals surface area contributed by atoms with Gasteiger partial charge in [-0.2, -0.15) is 0 Å². The fourth-order valence-electron chi connectivity index (χ4n) is 1.32. The first kappa shape index (κ1) is 10.8. The fourth-order valence-corrected chi connectivity index (χ4v) is 1.52. The van der Waals surface area contributed by atoms with E-state index in [0.29, 0.717) is 6.54 Å². The summed E-state index contributed by atoms with van der Waals surface area (Å²) >= 11 is 5.74. The molecule has 0 aromatic carbocycles. The highest BCUT2D eigenvalue weighted by atomic mass is 35.5. The third-order valence-corrected chi connectivity index (χ3v) is 2.77. The largest absolute Gasteiger partial charge is 0.468 e. The summed E-state index contributed by atoms with van der Waals surface area (Å²) in [4.78, 5) is 10.9. The number of hydrogen-bond acceptors (Lipinski definition) is 3. The average molecular weight is 206 g/mol. The maximum Gasteiger partial charge on any atom is 0.325 e. The number of nitrogens with one attached hydrogen (secondary N) is 1. The van der Waals surface area contributed by atoms with E-state index in [9.17, 15) is 4.79 Å². The van der Waals surface area contributed by atoms with Crippen LogP contribution < -0.4 is 5.32 Å². The van der Waals surface area contributed by atoms with Gasteiger partial charge in [0.15, 0.2) is 0 Å². The van der Waals surface area contributed by atoms with E-state index in [1.54, 1.807) is 0 Å². The minimum Gasteiger partial charge on any atom is -0.468 e. The van der Waals surface area contributed by atoms with Crippen LogP contribution >= 0.6 is 11.6 Å². The Labute approximate surface area is 83.8 Å². The van der Waals surface area contributed by atoms with E-state index < -0.39 is 5.38 Å². The maximum absolute atomic E-state index is 10.9. The molecule has 0 bridgehead atoms. The van der Waals surface area contributed by atoms with Gasteiger partial charge in [0.1, 0.15) is 5.38 Å². The highest BCUT2D eigenvalue weighted by Gasteiger charge is 2.19. The Hall–Kier alpha value is -0.280. The van der Waals surface area contributed by atoms with Crippen molar-refractivity contribution in [1.82, 2.24) is 5.32 Å². The molecule has 1 N–H and O–H groups in total. The van der Waals surface area contributed by atoms with E-state index in [4.69, 9.17) is 11.6 Å². The van der Waals surface area contributed by atoms with Gasteiger partial charge < -0.3 is 10.1 Å². The lowest BCUT2D eigenvalue weighted by Gasteiger charge is -2.25. The molecule has 1 aliphatic rings. The number of halogens is 1. The number of esters is 1. The van der Waals surface area contributed by atoms with Gasteiger partial charge in [0.05, 0.1) is 7.11 Å². The van der Waals surface area contributed by atoms with Crippen molar-refractivity contribution in [1.29, 1.82) is 0 Å². The zero-order valence-corrected chi connectivity index (χ0v) is 8.64. The molecule has 3 nitrogen and oxygen atoms in total. The summed E-state index contributed by atoms with van der Waals surface area (Å²) < 4.78 is 4.50. The predicted octanol–water partition coefficient (Wildman–Crippen LogP) is 1.16. The average Bonchev–Trinajstić information content (AvgIpc) is 2.07. The summed E-state index contributed by atoms with van der Waals surface area (Å²) in [6.07, 6.45) is 3.95. The number of rotatable bonds is 5. The maximum atomic E-state index is 10.9. The van der Waals surface area contributed by atoms with E-state index >= 15 is 0 Å². The lowest BCUT2D eigenvalue weighted by atomic mass is 9.85. The number of carbonyl (C=O) groups excluding carboxylic acids is 1. The van der Waals surface area contributed by atoms with Crippen molar-refractivity contribution in [3.63, 3.8) is 0 Å². The first-order valence-electron chi connectivity index (χ1n) is 4.66. The van der Waals surface area contributed by atoms with Crippen molar-refractivity contribution in [3.8, 4) is 0 Å². The molecule has 1 atom stereocenters. The monoisotopic (exact) mass is 205 g/mol. The number of ether oxygens (including phenoxy) is 1. The molecule has 1 fully saturated rings. The molecule has 1 unspecified atom stereocenters. The molecule has 76 valence electrons. The van der Waals surface area contributed by atoms with Gasteiger partial charge in [-0.25, -0.2) is 0 Å². The first-order valence-corrected chi connectivity index (χ1v) is 5.10. The summed E-state index contributed by atoms with van der Waals surface area (Å²) in [6, 6.07) is 0. The first-order chi connectivity index (χ1) is 6.24. The van der Waals surface area contributed by atoms with Crippen LogP contribution in [0.1, 0.15) is 19.3 Å². The minimum absolute atomic E-state index is 0.359. The van der Waals surface area contributed by atoms with Crippen LogP contribution in [0.3, 0.4) is 0 Å². The smallest absolute Gasteiger partial charge is 0.325 e. The Morgan fingerprint density at radius 1 is 1.69 bits per heavy atom. The summed E-state index contributed by atoms with van der Waals surface area (Å²) in [7, 11) is 1.35. The molecule has 1 aliphatic carbocycles. The van der Waals surface area contributed by atoms with Gasteiger partial charge in [0.25, 0.3) is 0 Å². The zero-order valence-electron chi connectivity index (χ0n) is 7.88. The topological polar surface area (TPSA) is 38.3 Å². The van der Waals surface area contributed by atoms with E-state index in [-0.39, 0.29) is 5.97 Å². The molecule has 4 heteroatoms. The lowest BCUT2D eigenvalue weighted by Crippen LogP contribution is -2.34. The van der Waals surface area contributed by atoms with Crippen LogP contribution in [0.25, 0.3) is 0 Å². The van der Waals surface area contributed by atoms with Gasteiger partial charge in [0.2, 0.25) is 0 Å². The van der Waals surface area contributed by atoms with Crippen LogP contribution in [-0.2, 0) is 9.53 Å². The van der Waals surface area contributed by atoms with Crippen LogP contribution in [0, 0.1) is 5.92 Å². The molecular formula is C9H16ClNO2. The molecule has 0 amide bonds. The normalized spacial score (nSPS) is 19.2. The van der Waals surface area contributed by atoms with Crippen LogP contribution in [0.2, 0.25) is 0 Å². The summed E-state index contributed by atoms with van der Waals surface area (Å²) in [5, 5.41) is 2.62. The van der Waals surface area contributed by atoms with E-state index in [2.05, 4.69) is 10.1 Å². The van der Waals surface area contributed by atoms with Crippen molar-refractivity contribution in [2.75, 3.05) is 20.2 Å². The molecule has 0 saturated heterocycles. The van der Waals surface area contributed by atoms with E-state index in [0.717, 1.165) is 12.5 Å². The van der Waals surface area contributed by atoms with Gasteiger partial charge in [-0.1, -0.05) is 6.42 Å². The van der Waals surface area contributed by atoms with Crippen molar-refractivity contribution in [2.24, 2.45) is 5.92 Å². The second kappa shape index (κ2) is 5.45. The van der Waals surface area contributed by atoms with E-state index in [1.807, 2.05) is 0 Å². The standard InChI is InChI=1S/C9H16ClNO2/c1-13-9(12)8(10)6-11-5-7-3-2-4-7/h7-8,11H,2-6H2,1H3. The third-order valence-electron chi connectivity index (χ3n) is 2.44. The predicted molar refractivity (Wildman–Crippen MR) is 51.9 cm³/mol. The van der Waals surface area contributed by atoms with Gasteiger partial charge in [-0.05, 0) is 25.3 Å². The Morgan fingerprint density at radius 3 is 2.85 bits per heavy atom. The Balaban J connectivity index is 2.00. The molecule has 0 radical (unpaired) electrons. The molecule has 0 heterocycles. The Morgan fingerprint density at radius 2 is 2.38 bits per heavy atom. The number of methoxy groups -OCH3 is 1. The lowest BCUT2D eigenvalue weighted by molar-refractivity contribution is -0.140. The van der Waals surface area contributed by atoms with Gasteiger partial charge >= 0.3 is 5.97 Å². The molecule has 0 aromatic heterocycles. The number of carbonyl (C=O) groups is 1. The zero-order chi connectivity index (χ0) is 9.68. The Bertz CT molecular complexity index is 171. The molecule has 0 spiro atoms. The molecule has 0 aromatic rings. The Kier molecular flexibility index (Phi) is 4.53. The van der Waals surface area contributed by atoms with Crippen LogP contribution in [0.4, 0.5) is 0 Å². The number of hydrogen-bond donors (Lipinski definition) is 1. The summed E-state index contributed by atoms with van der Waals surface area (Å²) in [6.45, 7) is 1.48. The van der Waals surface area contributed by atoms with Crippen molar-refractivity contribution in [3.05, 3.63) is 0 Å². The van der Waals surface area contributed by atoms with Gasteiger partial charge in [-0.15, -0.1) is 11.6 Å². The third kappa shape index (κ3) is 3.53. The molecule has 1 rings (SSSR count). The van der Waals surface area contributed by atoms with Crippen LogP contribution in [-0.4, -0.2) is 31.5 Å². The fraction of sp³-hybridized carbons (Fsp3) is 0.889. The summed E-state index contributed by atoms with van der Waals surface area (Å²) in [5.41, 5.74) is 0. The second-order valence-electron chi connectivity index (χ2n) is 3.45. The number of alkyl halides is 1. The highest BCUT2D eigenvalue weighted by molar-refractivity contribution is 6.30. The van der Waals surface area contributed by atoms with Crippen molar-refractivity contribution in [2.45, 2.75) is 24.6 Å². The van der Waals surface area contributed by atoms with Gasteiger partial charge in [0, 0.05) is 6.54 Å². The van der Waals surface area contributed by atoms with E-state index in [1.165, 1.54) is 26.4 Å².